The number of nitrogens with one attached hydrogen (secondary N) is 1. The van der Waals surface area contributed by atoms with Gasteiger partial charge in [-0.3, -0.25) is 0 Å². The molecular weight excluding hydrogens is 402 g/mol. The fourth-order valence-electron chi connectivity index (χ4n) is 3.52. The molecular formula is C27H29NO4. The minimum atomic E-state index is -0.946. The molecule has 0 bridgehead atoms. The van der Waals surface area contributed by atoms with Crippen molar-refractivity contribution in [1.82, 2.24) is 0 Å². The molecule has 0 aromatic heterocycles. The van der Waals surface area contributed by atoms with Gasteiger partial charge in [-0.05, 0) is 72.5 Å². The van der Waals surface area contributed by atoms with E-state index in [-0.39, 0.29) is 12.2 Å². The van der Waals surface area contributed by atoms with Crippen molar-refractivity contribution in [1.29, 1.82) is 0 Å². The summed E-state index contributed by atoms with van der Waals surface area (Å²) < 4.78 is 5.98. The lowest BCUT2D eigenvalue weighted by molar-refractivity contribution is 0.0697. The Balaban J connectivity index is 2.08. The summed E-state index contributed by atoms with van der Waals surface area (Å²) in [5.41, 5.74) is 7.09. The van der Waals surface area contributed by atoms with E-state index in [2.05, 4.69) is 43.1 Å². The monoisotopic (exact) mass is 431 g/mol. The first-order chi connectivity index (χ1) is 15.4. The zero-order valence-corrected chi connectivity index (χ0v) is 18.5. The summed E-state index contributed by atoms with van der Waals surface area (Å²) in [6, 6.07) is 19.0. The van der Waals surface area contributed by atoms with Gasteiger partial charge in [-0.25, -0.2) is 4.79 Å². The molecule has 0 saturated heterocycles. The quantitative estimate of drug-likeness (QED) is 0.346. The average molecular weight is 432 g/mol. The van der Waals surface area contributed by atoms with Gasteiger partial charge in [-0.15, -0.1) is 0 Å². The smallest absolute Gasteiger partial charge is 0.335 e. The molecule has 0 aliphatic heterocycles. The highest BCUT2D eigenvalue weighted by Crippen LogP contribution is 2.37. The van der Waals surface area contributed by atoms with Gasteiger partial charge in [0.15, 0.2) is 0 Å². The van der Waals surface area contributed by atoms with Gasteiger partial charge in [0.1, 0.15) is 5.75 Å². The van der Waals surface area contributed by atoms with Crippen LogP contribution in [0.2, 0.25) is 0 Å². The number of carbonyl (C=O) groups is 1. The third kappa shape index (κ3) is 5.37. The molecule has 3 aromatic carbocycles. The first kappa shape index (κ1) is 23.1. The fourth-order valence-corrected chi connectivity index (χ4v) is 3.52. The number of carboxylic acid groups (broad SMARTS) is 1. The van der Waals surface area contributed by atoms with Crippen molar-refractivity contribution in [3.63, 3.8) is 0 Å². The van der Waals surface area contributed by atoms with E-state index in [1.165, 1.54) is 0 Å². The third-order valence-corrected chi connectivity index (χ3v) is 5.16. The first-order valence-electron chi connectivity index (χ1n) is 10.7. The van der Waals surface area contributed by atoms with Crippen molar-refractivity contribution in [2.24, 2.45) is 0 Å². The van der Waals surface area contributed by atoms with Crippen LogP contribution in [0.1, 0.15) is 36.2 Å². The largest absolute Gasteiger partial charge is 0.493 e. The molecule has 0 spiro atoms. The minimum Gasteiger partial charge on any atom is -0.493 e. The van der Waals surface area contributed by atoms with Crippen LogP contribution in [0.4, 0.5) is 5.69 Å². The van der Waals surface area contributed by atoms with Crippen molar-refractivity contribution in [2.45, 2.75) is 20.3 Å². The van der Waals surface area contributed by atoms with Crippen LogP contribution in [0, 0.1) is 0 Å². The second kappa shape index (κ2) is 10.6. The molecule has 5 nitrogen and oxygen atoms in total. The third-order valence-electron chi connectivity index (χ3n) is 5.16. The molecule has 3 rings (SSSR count). The molecule has 3 aromatic rings. The molecule has 3 N–H and O–H groups in total. The summed E-state index contributed by atoms with van der Waals surface area (Å²) in [6.07, 6.45) is 0.550. The van der Waals surface area contributed by atoms with Crippen LogP contribution in [-0.2, 0) is 0 Å². The van der Waals surface area contributed by atoms with Crippen LogP contribution in [0.5, 0.6) is 5.75 Å². The normalized spacial score (nSPS) is 10.6. The van der Waals surface area contributed by atoms with Crippen molar-refractivity contribution >= 4 is 17.2 Å². The highest BCUT2D eigenvalue weighted by atomic mass is 16.5. The number of anilines is 1. The van der Waals surface area contributed by atoms with Gasteiger partial charge in [0, 0.05) is 36.4 Å². The van der Waals surface area contributed by atoms with Crippen molar-refractivity contribution in [3.8, 4) is 28.0 Å². The molecule has 0 amide bonds. The molecule has 0 fully saturated rings. The predicted octanol–water partition coefficient (Wildman–Crippen LogP) is 5.94. The highest BCUT2D eigenvalue weighted by molar-refractivity contribution is 5.89. The van der Waals surface area contributed by atoms with Gasteiger partial charge in [-0.1, -0.05) is 30.8 Å². The molecule has 32 heavy (non-hydrogen) atoms. The van der Waals surface area contributed by atoms with E-state index in [0.717, 1.165) is 51.4 Å². The van der Waals surface area contributed by atoms with Gasteiger partial charge in [0.25, 0.3) is 0 Å². The number of hydrogen-bond donors (Lipinski definition) is 3. The van der Waals surface area contributed by atoms with Crippen LogP contribution < -0.4 is 10.1 Å². The Bertz CT molecular complexity index is 1100. The predicted molar refractivity (Wildman–Crippen MR) is 130 cm³/mol. The number of benzene rings is 3. The summed E-state index contributed by atoms with van der Waals surface area (Å²) in [6.45, 7) is 9.47. The minimum absolute atomic E-state index is 0.0700. The van der Waals surface area contributed by atoms with Gasteiger partial charge in [-0.2, -0.15) is 0 Å². The molecule has 0 atom stereocenters. The summed E-state index contributed by atoms with van der Waals surface area (Å²) in [5.74, 6) is -0.216. The van der Waals surface area contributed by atoms with E-state index in [1.54, 1.807) is 12.1 Å². The lowest BCUT2D eigenvalue weighted by Crippen LogP contribution is -2.02. The standard InChI is InChI=1S/C27H29NO4/c1-4-28-25-12-10-22(17-23(25)18(2)3)24-16-21(11-13-26(24)32-15-5-14-29)19-6-8-20(9-7-19)27(30)31/h6-13,16-17,28-29H,2,4-5,14-15H2,1,3H3,(H,30,31). The van der Waals surface area contributed by atoms with Crippen LogP contribution in [0.25, 0.3) is 27.8 Å². The van der Waals surface area contributed by atoms with Crippen molar-refractivity contribution in [2.75, 3.05) is 25.1 Å². The molecule has 0 saturated carbocycles. The first-order valence-corrected chi connectivity index (χ1v) is 10.7. The molecule has 0 aliphatic carbocycles. The summed E-state index contributed by atoms with van der Waals surface area (Å²) in [7, 11) is 0. The second-order valence-electron chi connectivity index (χ2n) is 7.59. The summed E-state index contributed by atoms with van der Waals surface area (Å²) in [5, 5.41) is 21.7. The number of rotatable bonds is 10. The van der Waals surface area contributed by atoms with E-state index in [4.69, 9.17) is 14.9 Å². The Labute approximate surface area is 189 Å². The Hall–Kier alpha value is -3.57. The Morgan fingerprint density at radius 2 is 1.69 bits per heavy atom. The van der Waals surface area contributed by atoms with Crippen LogP contribution in [-0.4, -0.2) is 35.9 Å². The molecule has 0 unspecified atom stereocenters. The number of allylic oxidation sites excluding steroid dienone is 1. The number of ether oxygens (including phenoxy) is 1. The van der Waals surface area contributed by atoms with Gasteiger partial charge in [0.2, 0.25) is 0 Å². The highest BCUT2D eigenvalue weighted by Gasteiger charge is 2.13. The zero-order chi connectivity index (χ0) is 23.1. The fraction of sp³-hybridized carbons (Fsp3) is 0.222. The molecule has 0 heterocycles. The van der Waals surface area contributed by atoms with Crippen LogP contribution in [0.3, 0.4) is 0 Å². The number of carboxylic acids is 1. The summed E-state index contributed by atoms with van der Waals surface area (Å²) >= 11 is 0. The lowest BCUT2D eigenvalue weighted by atomic mass is 9.94. The van der Waals surface area contributed by atoms with Gasteiger partial charge < -0.3 is 20.3 Å². The van der Waals surface area contributed by atoms with E-state index in [0.29, 0.717) is 13.0 Å². The zero-order valence-electron chi connectivity index (χ0n) is 18.5. The molecule has 0 radical (unpaired) electrons. The SMILES string of the molecule is C=C(C)c1cc(-c2cc(-c3ccc(C(=O)O)cc3)ccc2OCCCO)ccc1NCC. The average Bonchev–Trinajstić information content (AvgIpc) is 2.80. The van der Waals surface area contributed by atoms with Crippen LogP contribution in [0.15, 0.2) is 67.2 Å². The number of aliphatic hydroxyl groups is 1. The molecule has 5 heteroatoms. The topological polar surface area (TPSA) is 78.8 Å². The van der Waals surface area contributed by atoms with E-state index >= 15 is 0 Å². The van der Waals surface area contributed by atoms with Crippen molar-refractivity contribution < 1.29 is 19.7 Å². The maximum atomic E-state index is 11.2. The number of aromatic carboxylic acids is 1. The Kier molecular flexibility index (Phi) is 7.68. The van der Waals surface area contributed by atoms with Gasteiger partial charge >= 0.3 is 5.97 Å². The number of aliphatic hydroxyl groups excluding tert-OH is 1. The summed E-state index contributed by atoms with van der Waals surface area (Å²) in [4.78, 5) is 11.2. The second-order valence-corrected chi connectivity index (χ2v) is 7.59. The lowest BCUT2D eigenvalue weighted by Gasteiger charge is -2.17. The van der Waals surface area contributed by atoms with E-state index in [1.807, 2.05) is 31.2 Å². The van der Waals surface area contributed by atoms with Gasteiger partial charge in [0.05, 0.1) is 12.2 Å². The van der Waals surface area contributed by atoms with E-state index < -0.39 is 5.97 Å². The van der Waals surface area contributed by atoms with E-state index in [9.17, 15) is 4.79 Å². The Morgan fingerprint density at radius 1 is 1.00 bits per heavy atom. The number of hydrogen-bond acceptors (Lipinski definition) is 4. The van der Waals surface area contributed by atoms with Crippen LogP contribution >= 0.6 is 0 Å². The Morgan fingerprint density at radius 3 is 2.31 bits per heavy atom. The maximum Gasteiger partial charge on any atom is 0.335 e. The maximum absolute atomic E-state index is 11.2. The van der Waals surface area contributed by atoms with Crippen molar-refractivity contribution in [3.05, 3.63) is 78.4 Å². The molecule has 0 aliphatic rings. The molecule has 166 valence electrons.